The summed E-state index contributed by atoms with van der Waals surface area (Å²) in [4.78, 5) is 10.2. The first-order valence-corrected chi connectivity index (χ1v) is 8.29. The van der Waals surface area contributed by atoms with Crippen LogP contribution in [0.1, 0.15) is 17.0 Å². The highest BCUT2D eigenvalue weighted by Crippen LogP contribution is 2.23. The topological polar surface area (TPSA) is 66.9 Å². The second kappa shape index (κ2) is 6.20. The van der Waals surface area contributed by atoms with E-state index in [9.17, 15) is 0 Å². The van der Waals surface area contributed by atoms with Crippen molar-refractivity contribution in [1.29, 1.82) is 0 Å². The van der Waals surface area contributed by atoms with E-state index in [4.69, 9.17) is 4.74 Å². The Balaban J connectivity index is 1.63. The molecular weight excluding hydrogens is 302 g/mol. The Morgan fingerprint density at radius 2 is 2.08 bits per heavy atom. The van der Waals surface area contributed by atoms with Gasteiger partial charge in [0.2, 0.25) is 5.95 Å². The summed E-state index contributed by atoms with van der Waals surface area (Å²) in [6, 6.07) is 8.59. The summed E-state index contributed by atoms with van der Waals surface area (Å²) >= 11 is 0. The number of aromatic amines is 1. The van der Waals surface area contributed by atoms with E-state index in [-0.39, 0.29) is 6.04 Å². The molecule has 1 saturated heterocycles. The Morgan fingerprint density at radius 1 is 1.21 bits per heavy atom. The SMILES string of the molecule is Cc1nnc(N2CCOCC2Cc2c[nH]c3ccccc23)nc1C. The van der Waals surface area contributed by atoms with E-state index in [0.29, 0.717) is 19.2 Å². The van der Waals surface area contributed by atoms with Crippen LogP contribution in [0.2, 0.25) is 0 Å². The molecule has 1 fully saturated rings. The first kappa shape index (κ1) is 15.1. The molecule has 2 aromatic heterocycles. The van der Waals surface area contributed by atoms with Crippen LogP contribution in [-0.2, 0) is 11.2 Å². The smallest absolute Gasteiger partial charge is 0.246 e. The Labute approximate surface area is 140 Å². The number of anilines is 1. The van der Waals surface area contributed by atoms with Gasteiger partial charge in [-0.15, -0.1) is 5.10 Å². The van der Waals surface area contributed by atoms with E-state index in [1.165, 1.54) is 16.5 Å². The molecule has 1 N–H and O–H groups in total. The first-order valence-electron chi connectivity index (χ1n) is 8.29. The standard InChI is InChI=1S/C18H21N5O/c1-12-13(2)21-22-18(20-12)23-7-8-24-11-15(23)9-14-10-19-17-6-4-3-5-16(14)17/h3-6,10,15,19H,7-9,11H2,1-2H3. The van der Waals surface area contributed by atoms with Crippen molar-refractivity contribution in [2.45, 2.75) is 26.3 Å². The maximum Gasteiger partial charge on any atom is 0.246 e. The van der Waals surface area contributed by atoms with E-state index in [1.54, 1.807) is 0 Å². The third-order valence-corrected chi connectivity index (χ3v) is 4.70. The molecule has 1 unspecified atom stereocenters. The fourth-order valence-corrected chi connectivity index (χ4v) is 3.21. The summed E-state index contributed by atoms with van der Waals surface area (Å²) in [7, 11) is 0. The molecule has 6 nitrogen and oxygen atoms in total. The zero-order valence-electron chi connectivity index (χ0n) is 14.0. The van der Waals surface area contributed by atoms with Gasteiger partial charge in [-0.3, -0.25) is 0 Å². The zero-order chi connectivity index (χ0) is 16.5. The van der Waals surface area contributed by atoms with Gasteiger partial charge in [0.15, 0.2) is 0 Å². The number of aryl methyl sites for hydroxylation is 2. The molecule has 3 heterocycles. The Kier molecular flexibility index (Phi) is 3.90. The summed E-state index contributed by atoms with van der Waals surface area (Å²) in [5, 5.41) is 9.81. The molecule has 0 spiro atoms. The molecule has 0 radical (unpaired) electrons. The van der Waals surface area contributed by atoms with Crippen LogP contribution in [0.3, 0.4) is 0 Å². The van der Waals surface area contributed by atoms with Crippen LogP contribution in [0, 0.1) is 13.8 Å². The number of nitrogens with one attached hydrogen (secondary N) is 1. The molecule has 24 heavy (non-hydrogen) atoms. The van der Waals surface area contributed by atoms with E-state index in [1.807, 2.05) is 19.9 Å². The summed E-state index contributed by atoms with van der Waals surface area (Å²) in [6.07, 6.45) is 2.98. The molecule has 1 aromatic carbocycles. The second-order valence-electron chi connectivity index (χ2n) is 6.27. The Bertz CT molecular complexity index is 859. The van der Waals surface area contributed by atoms with Crippen LogP contribution in [-0.4, -0.2) is 46.0 Å². The average molecular weight is 323 g/mol. The minimum absolute atomic E-state index is 0.210. The maximum absolute atomic E-state index is 5.72. The molecule has 6 heteroatoms. The summed E-state index contributed by atoms with van der Waals surface area (Å²) < 4.78 is 5.72. The highest BCUT2D eigenvalue weighted by molar-refractivity contribution is 5.83. The maximum atomic E-state index is 5.72. The van der Waals surface area contributed by atoms with Crippen LogP contribution in [0.5, 0.6) is 0 Å². The third kappa shape index (κ3) is 2.73. The number of para-hydroxylation sites is 1. The molecule has 1 aliphatic heterocycles. The number of rotatable bonds is 3. The van der Waals surface area contributed by atoms with Gasteiger partial charge in [0.25, 0.3) is 0 Å². The van der Waals surface area contributed by atoms with Gasteiger partial charge in [0, 0.05) is 23.6 Å². The Hall–Kier alpha value is -2.47. The van der Waals surface area contributed by atoms with Gasteiger partial charge in [0.1, 0.15) is 0 Å². The predicted octanol–water partition coefficient (Wildman–Crippen LogP) is 2.42. The average Bonchev–Trinajstić information content (AvgIpc) is 3.01. The summed E-state index contributed by atoms with van der Waals surface area (Å²) in [5.74, 6) is 0.700. The number of H-pyrrole nitrogens is 1. The van der Waals surface area contributed by atoms with Crippen molar-refractivity contribution in [1.82, 2.24) is 20.2 Å². The van der Waals surface area contributed by atoms with Gasteiger partial charge in [-0.2, -0.15) is 5.10 Å². The van der Waals surface area contributed by atoms with Crippen molar-refractivity contribution in [2.75, 3.05) is 24.7 Å². The van der Waals surface area contributed by atoms with Gasteiger partial charge in [-0.25, -0.2) is 4.98 Å². The number of hydrogen-bond acceptors (Lipinski definition) is 5. The molecule has 0 saturated carbocycles. The lowest BCUT2D eigenvalue weighted by Gasteiger charge is -2.35. The summed E-state index contributed by atoms with van der Waals surface area (Å²) in [5.41, 5.74) is 4.26. The highest BCUT2D eigenvalue weighted by Gasteiger charge is 2.27. The fourth-order valence-electron chi connectivity index (χ4n) is 3.21. The Morgan fingerprint density at radius 3 is 2.96 bits per heavy atom. The largest absolute Gasteiger partial charge is 0.377 e. The van der Waals surface area contributed by atoms with E-state index < -0.39 is 0 Å². The second-order valence-corrected chi connectivity index (χ2v) is 6.27. The van der Waals surface area contributed by atoms with Crippen LogP contribution in [0.15, 0.2) is 30.5 Å². The molecule has 3 aromatic rings. The molecule has 0 bridgehead atoms. The van der Waals surface area contributed by atoms with Gasteiger partial charge in [-0.1, -0.05) is 18.2 Å². The van der Waals surface area contributed by atoms with Gasteiger partial charge in [-0.05, 0) is 31.9 Å². The zero-order valence-corrected chi connectivity index (χ0v) is 14.0. The number of aromatic nitrogens is 4. The van der Waals surface area contributed by atoms with Gasteiger partial charge < -0.3 is 14.6 Å². The van der Waals surface area contributed by atoms with Gasteiger partial charge >= 0.3 is 0 Å². The number of hydrogen-bond donors (Lipinski definition) is 1. The van der Waals surface area contributed by atoms with Crippen LogP contribution < -0.4 is 4.90 Å². The molecule has 0 amide bonds. The quantitative estimate of drug-likeness (QED) is 0.802. The van der Waals surface area contributed by atoms with Crippen LogP contribution >= 0.6 is 0 Å². The van der Waals surface area contributed by atoms with Crippen molar-refractivity contribution < 1.29 is 4.74 Å². The number of nitrogens with zero attached hydrogens (tertiary/aromatic N) is 4. The molecule has 4 rings (SSSR count). The van der Waals surface area contributed by atoms with E-state index in [0.717, 1.165) is 24.4 Å². The van der Waals surface area contributed by atoms with Crippen LogP contribution in [0.4, 0.5) is 5.95 Å². The summed E-state index contributed by atoms with van der Waals surface area (Å²) in [6.45, 7) is 6.07. The van der Waals surface area contributed by atoms with Crippen LogP contribution in [0.25, 0.3) is 10.9 Å². The number of morpholine rings is 1. The molecular formula is C18H21N5O. The number of fused-ring (bicyclic) bond motifs is 1. The monoisotopic (exact) mass is 323 g/mol. The first-order chi connectivity index (χ1) is 11.7. The minimum atomic E-state index is 0.210. The van der Waals surface area contributed by atoms with Crippen molar-refractivity contribution in [3.05, 3.63) is 47.4 Å². The lowest BCUT2D eigenvalue weighted by atomic mass is 10.0. The predicted molar refractivity (Wildman–Crippen MR) is 93.3 cm³/mol. The van der Waals surface area contributed by atoms with E-state index >= 15 is 0 Å². The molecule has 124 valence electrons. The van der Waals surface area contributed by atoms with Crippen molar-refractivity contribution in [2.24, 2.45) is 0 Å². The van der Waals surface area contributed by atoms with Crippen molar-refractivity contribution in [3.8, 4) is 0 Å². The number of ether oxygens (including phenoxy) is 1. The van der Waals surface area contributed by atoms with E-state index in [2.05, 4.69) is 49.5 Å². The van der Waals surface area contributed by atoms with Crippen molar-refractivity contribution in [3.63, 3.8) is 0 Å². The fraction of sp³-hybridized carbons (Fsp3) is 0.389. The molecule has 1 aliphatic rings. The highest BCUT2D eigenvalue weighted by atomic mass is 16.5. The minimum Gasteiger partial charge on any atom is -0.377 e. The normalized spacial score (nSPS) is 18.2. The third-order valence-electron chi connectivity index (χ3n) is 4.70. The number of benzene rings is 1. The lowest BCUT2D eigenvalue weighted by molar-refractivity contribution is 0.0931. The van der Waals surface area contributed by atoms with Gasteiger partial charge in [0.05, 0.1) is 30.6 Å². The molecule has 1 atom stereocenters. The lowest BCUT2D eigenvalue weighted by Crippen LogP contribution is -2.47. The van der Waals surface area contributed by atoms with Crippen molar-refractivity contribution >= 4 is 16.9 Å². The molecule has 0 aliphatic carbocycles.